The van der Waals surface area contributed by atoms with Gasteiger partial charge in [-0.3, -0.25) is 4.79 Å². The van der Waals surface area contributed by atoms with Crippen LogP contribution in [0.4, 0.5) is 5.69 Å². The summed E-state index contributed by atoms with van der Waals surface area (Å²) in [6.45, 7) is 0. The molecule has 2 aliphatic rings. The zero-order valence-electron chi connectivity index (χ0n) is 10.4. The normalized spacial score (nSPS) is 19.4. The molecule has 0 bridgehead atoms. The van der Waals surface area contributed by atoms with Crippen molar-refractivity contribution in [2.45, 2.75) is 44.1 Å². The highest BCUT2D eigenvalue weighted by Crippen LogP contribution is 2.34. The van der Waals surface area contributed by atoms with Gasteiger partial charge in [-0.25, -0.2) is 0 Å². The van der Waals surface area contributed by atoms with Crippen molar-refractivity contribution in [3.8, 4) is 0 Å². The minimum Gasteiger partial charge on any atom is -0.324 e. The number of fused-ring (bicyclic) bond motifs is 1. The molecule has 1 amide bonds. The lowest BCUT2D eigenvalue weighted by Crippen LogP contribution is -2.38. The standard InChI is InChI=1S/C14H18N2O.ClH/c15-14(8-9-14)13(17)16-12-7-3-5-10-4-1-2-6-11(10)12;/h3,5,7H,1-2,4,6,8-9,15H2,(H,16,17);1H. The van der Waals surface area contributed by atoms with Crippen molar-refractivity contribution in [3.63, 3.8) is 0 Å². The molecular weight excluding hydrogens is 248 g/mol. The number of nitrogens with one attached hydrogen (secondary N) is 1. The van der Waals surface area contributed by atoms with Gasteiger partial charge in [0.2, 0.25) is 5.91 Å². The molecule has 0 heterocycles. The maximum absolute atomic E-state index is 11.9. The van der Waals surface area contributed by atoms with E-state index in [9.17, 15) is 4.79 Å². The van der Waals surface area contributed by atoms with Crippen LogP contribution in [0.2, 0.25) is 0 Å². The lowest BCUT2D eigenvalue weighted by atomic mass is 9.90. The minimum atomic E-state index is -0.586. The molecule has 0 radical (unpaired) electrons. The van der Waals surface area contributed by atoms with Gasteiger partial charge in [0.15, 0.2) is 0 Å². The van der Waals surface area contributed by atoms with Crippen LogP contribution in [0.25, 0.3) is 0 Å². The van der Waals surface area contributed by atoms with Crippen LogP contribution in [0.5, 0.6) is 0 Å². The van der Waals surface area contributed by atoms with Crippen molar-refractivity contribution in [2.75, 3.05) is 5.32 Å². The van der Waals surface area contributed by atoms with E-state index >= 15 is 0 Å². The first-order valence-corrected chi connectivity index (χ1v) is 6.40. The van der Waals surface area contributed by atoms with Gasteiger partial charge in [-0.15, -0.1) is 12.4 Å². The van der Waals surface area contributed by atoms with E-state index in [1.165, 1.54) is 24.0 Å². The van der Waals surface area contributed by atoms with Gasteiger partial charge in [0, 0.05) is 5.69 Å². The molecule has 0 aromatic heterocycles. The van der Waals surface area contributed by atoms with Crippen LogP contribution in [0.1, 0.15) is 36.8 Å². The van der Waals surface area contributed by atoms with Crippen molar-refractivity contribution in [1.29, 1.82) is 0 Å². The Hall–Kier alpha value is -1.06. The van der Waals surface area contributed by atoms with E-state index in [-0.39, 0.29) is 18.3 Å². The molecule has 0 saturated heterocycles. The van der Waals surface area contributed by atoms with Crippen molar-refractivity contribution >= 4 is 24.0 Å². The van der Waals surface area contributed by atoms with Gasteiger partial charge in [-0.2, -0.15) is 0 Å². The average molecular weight is 267 g/mol. The lowest BCUT2D eigenvalue weighted by Gasteiger charge is -2.20. The van der Waals surface area contributed by atoms with E-state index in [2.05, 4.69) is 11.4 Å². The summed E-state index contributed by atoms with van der Waals surface area (Å²) in [5.41, 5.74) is 8.99. The molecule has 1 aromatic carbocycles. The fraction of sp³-hybridized carbons (Fsp3) is 0.500. The summed E-state index contributed by atoms with van der Waals surface area (Å²) in [6.07, 6.45) is 6.30. The Balaban J connectivity index is 0.00000120. The van der Waals surface area contributed by atoms with Gasteiger partial charge < -0.3 is 11.1 Å². The van der Waals surface area contributed by atoms with Crippen molar-refractivity contribution in [3.05, 3.63) is 29.3 Å². The summed E-state index contributed by atoms with van der Waals surface area (Å²) in [7, 11) is 0. The molecule has 1 fully saturated rings. The second-order valence-corrected chi connectivity index (χ2v) is 5.26. The molecule has 0 unspecified atom stereocenters. The highest BCUT2D eigenvalue weighted by molar-refractivity contribution is 6.00. The zero-order valence-corrected chi connectivity index (χ0v) is 11.2. The summed E-state index contributed by atoms with van der Waals surface area (Å²) >= 11 is 0. The molecule has 3 rings (SSSR count). The predicted octanol–water partition coefficient (Wildman–Crippen LogP) is 2.42. The summed E-state index contributed by atoms with van der Waals surface area (Å²) in [6, 6.07) is 6.18. The van der Waals surface area contributed by atoms with Gasteiger partial charge in [-0.05, 0) is 55.7 Å². The van der Waals surface area contributed by atoms with Crippen LogP contribution >= 0.6 is 12.4 Å². The smallest absolute Gasteiger partial charge is 0.244 e. The van der Waals surface area contributed by atoms with Crippen LogP contribution in [-0.2, 0) is 17.6 Å². The largest absolute Gasteiger partial charge is 0.324 e. The molecule has 0 atom stereocenters. The number of hydrogen-bond acceptors (Lipinski definition) is 2. The Kier molecular flexibility index (Phi) is 3.64. The number of anilines is 1. The quantitative estimate of drug-likeness (QED) is 0.864. The molecule has 2 aliphatic carbocycles. The number of benzene rings is 1. The second-order valence-electron chi connectivity index (χ2n) is 5.26. The highest BCUT2D eigenvalue weighted by Gasteiger charge is 2.46. The molecule has 98 valence electrons. The maximum Gasteiger partial charge on any atom is 0.244 e. The van der Waals surface area contributed by atoms with Crippen LogP contribution in [0.3, 0.4) is 0 Å². The lowest BCUT2D eigenvalue weighted by molar-refractivity contribution is -0.118. The van der Waals surface area contributed by atoms with Gasteiger partial charge in [-0.1, -0.05) is 12.1 Å². The number of carbonyl (C=O) groups excluding carboxylic acids is 1. The first kappa shape index (κ1) is 13.4. The summed E-state index contributed by atoms with van der Waals surface area (Å²) in [5, 5.41) is 3.01. The fourth-order valence-corrected chi connectivity index (χ4v) is 2.51. The van der Waals surface area contributed by atoms with Crippen molar-refractivity contribution in [1.82, 2.24) is 0 Å². The van der Waals surface area contributed by atoms with Crippen LogP contribution in [0.15, 0.2) is 18.2 Å². The zero-order chi connectivity index (χ0) is 11.9. The fourth-order valence-electron chi connectivity index (χ4n) is 2.51. The molecule has 1 saturated carbocycles. The number of halogens is 1. The molecule has 1 aromatic rings. The molecule has 3 nitrogen and oxygen atoms in total. The van der Waals surface area contributed by atoms with E-state index in [1.54, 1.807) is 0 Å². The Bertz CT molecular complexity index is 469. The van der Waals surface area contributed by atoms with E-state index in [0.717, 1.165) is 31.4 Å². The van der Waals surface area contributed by atoms with Gasteiger partial charge in [0.1, 0.15) is 0 Å². The van der Waals surface area contributed by atoms with E-state index < -0.39 is 5.54 Å². The highest BCUT2D eigenvalue weighted by atomic mass is 35.5. The topological polar surface area (TPSA) is 55.1 Å². The second kappa shape index (κ2) is 4.90. The number of aryl methyl sites for hydroxylation is 1. The monoisotopic (exact) mass is 266 g/mol. The van der Waals surface area contributed by atoms with Crippen molar-refractivity contribution < 1.29 is 4.79 Å². The maximum atomic E-state index is 11.9. The number of amides is 1. The van der Waals surface area contributed by atoms with Crippen LogP contribution < -0.4 is 11.1 Å². The summed E-state index contributed by atoms with van der Waals surface area (Å²) in [4.78, 5) is 11.9. The first-order valence-electron chi connectivity index (χ1n) is 6.40. The summed E-state index contributed by atoms with van der Waals surface area (Å²) in [5.74, 6) is -0.0172. The minimum absolute atomic E-state index is 0. The molecule has 4 heteroatoms. The SMILES string of the molecule is Cl.NC1(C(=O)Nc2cccc3c2CCCC3)CC1. The van der Waals surface area contributed by atoms with Gasteiger partial charge >= 0.3 is 0 Å². The molecule has 0 spiro atoms. The van der Waals surface area contributed by atoms with Crippen LogP contribution in [0, 0.1) is 0 Å². The van der Waals surface area contributed by atoms with Gasteiger partial charge in [0.25, 0.3) is 0 Å². The molecule has 18 heavy (non-hydrogen) atoms. The Labute approximate surface area is 114 Å². The average Bonchev–Trinajstić information content (AvgIpc) is 3.09. The van der Waals surface area contributed by atoms with E-state index in [1.807, 2.05) is 12.1 Å². The predicted molar refractivity (Wildman–Crippen MR) is 75.1 cm³/mol. The first-order chi connectivity index (χ1) is 8.19. The van der Waals surface area contributed by atoms with E-state index in [0.29, 0.717) is 0 Å². The third kappa shape index (κ3) is 2.38. The van der Waals surface area contributed by atoms with E-state index in [4.69, 9.17) is 5.73 Å². The molecule has 3 N–H and O–H groups in total. The Morgan fingerprint density at radius 3 is 2.67 bits per heavy atom. The third-order valence-corrected chi connectivity index (χ3v) is 3.89. The number of hydrogen-bond donors (Lipinski definition) is 2. The molecule has 0 aliphatic heterocycles. The molecular formula is C14H19ClN2O. The number of rotatable bonds is 2. The summed E-state index contributed by atoms with van der Waals surface area (Å²) < 4.78 is 0. The number of nitrogens with two attached hydrogens (primary N) is 1. The Morgan fingerprint density at radius 1 is 1.22 bits per heavy atom. The Morgan fingerprint density at radius 2 is 1.94 bits per heavy atom. The van der Waals surface area contributed by atoms with Crippen molar-refractivity contribution in [2.24, 2.45) is 5.73 Å². The van der Waals surface area contributed by atoms with Gasteiger partial charge in [0.05, 0.1) is 5.54 Å². The third-order valence-electron chi connectivity index (χ3n) is 3.89. The van der Waals surface area contributed by atoms with Crippen LogP contribution in [-0.4, -0.2) is 11.4 Å². The number of carbonyl (C=O) groups is 1.